The Bertz CT molecular complexity index is 394. The van der Waals surface area contributed by atoms with Crippen molar-refractivity contribution in [3.63, 3.8) is 0 Å². The van der Waals surface area contributed by atoms with E-state index in [2.05, 4.69) is 6.92 Å². The number of amides is 1. The summed E-state index contributed by atoms with van der Waals surface area (Å²) in [5, 5.41) is 0. The lowest BCUT2D eigenvalue weighted by molar-refractivity contribution is -0.130. The van der Waals surface area contributed by atoms with Crippen LogP contribution in [0.1, 0.15) is 155 Å². The normalized spacial score (nSPS) is 14.8. The standard InChI is InChI=1S/C28H55NOS/c1-3-4-5-6-7-8-9-10-11-12-13-14-15-16-17-18-19-23-26-31-29(2)28(30)27-24-21-20-22-25-27/h27H,3-26H2,1-2H3. The molecular weight excluding hydrogens is 398 g/mol. The van der Waals surface area contributed by atoms with E-state index < -0.39 is 0 Å². The van der Waals surface area contributed by atoms with E-state index in [9.17, 15) is 4.79 Å². The molecule has 0 radical (unpaired) electrons. The van der Waals surface area contributed by atoms with Gasteiger partial charge in [0.25, 0.3) is 0 Å². The summed E-state index contributed by atoms with van der Waals surface area (Å²) >= 11 is 1.75. The van der Waals surface area contributed by atoms with Crippen LogP contribution in [0.5, 0.6) is 0 Å². The molecule has 1 fully saturated rings. The molecule has 1 amide bonds. The van der Waals surface area contributed by atoms with E-state index >= 15 is 0 Å². The van der Waals surface area contributed by atoms with Crippen molar-refractivity contribution in [3.8, 4) is 0 Å². The minimum atomic E-state index is 0.312. The molecule has 0 aromatic heterocycles. The van der Waals surface area contributed by atoms with E-state index in [0.717, 1.165) is 18.6 Å². The average Bonchev–Trinajstić information content (AvgIpc) is 2.80. The fourth-order valence-corrected chi connectivity index (χ4v) is 5.76. The molecule has 0 saturated heterocycles. The summed E-state index contributed by atoms with van der Waals surface area (Å²) in [6.07, 6.45) is 31.6. The van der Waals surface area contributed by atoms with E-state index in [-0.39, 0.29) is 0 Å². The Kier molecular flexibility index (Phi) is 20.2. The molecule has 1 saturated carbocycles. The molecule has 0 bridgehead atoms. The molecular formula is C28H55NOS. The summed E-state index contributed by atoms with van der Waals surface area (Å²) in [5.41, 5.74) is 0. The van der Waals surface area contributed by atoms with Crippen LogP contribution in [-0.2, 0) is 4.79 Å². The summed E-state index contributed by atoms with van der Waals surface area (Å²) in [4.78, 5) is 12.4. The Labute approximate surface area is 200 Å². The highest BCUT2D eigenvalue weighted by molar-refractivity contribution is 7.97. The summed E-state index contributed by atoms with van der Waals surface area (Å²) in [6.45, 7) is 2.30. The SMILES string of the molecule is CCCCCCCCCCCCCCCCCCCCSN(C)C(=O)C1CCCCC1. The van der Waals surface area contributed by atoms with Gasteiger partial charge in [0.2, 0.25) is 5.91 Å². The minimum Gasteiger partial charge on any atom is -0.289 e. The fraction of sp³-hybridized carbons (Fsp3) is 0.964. The zero-order valence-corrected chi connectivity index (χ0v) is 22.1. The summed E-state index contributed by atoms with van der Waals surface area (Å²) in [7, 11) is 1.98. The molecule has 1 aliphatic rings. The molecule has 184 valence electrons. The zero-order chi connectivity index (χ0) is 22.4. The van der Waals surface area contributed by atoms with Crippen molar-refractivity contribution in [2.45, 2.75) is 155 Å². The highest BCUT2D eigenvalue weighted by Gasteiger charge is 2.24. The third kappa shape index (κ3) is 17.0. The van der Waals surface area contributed by atoms with Crippen LogP contribution in [0.3, 0.4) is 0 Å². The van der Waals surface area contributed by atoms with Crippen LogP contribution in [0.4, 0.5) is 0 Å². The van der Waals surface area contributed by atoms with Crippen molar-refractivity contribution in [2.75, 3.05) is 12.8 Å². The second-order valence-corrected chi connectivity index (χ2v) is 11.2. The number of unbranched alkanes of at least 4 members (excludes halogenated alkanes) is 17. The third-order valence-electron chi connectivity index (χ3n) is 7.05. The van der Waals surface area contributed by atoms with Gasteiger partial charge in [-0.25, -0.2) is 0 Å². The van der Waals surface area contributed by atoms with E-state index in [1.54, 1.807) is 11.9 Å². The monoisotopic (exact) mass is 453 g/mol. The first-order valence-corrected chi connectivity index (χ1v) is 15.1. The van der Waals surface area contributed by atoms with Crippen molar-refractivity contribution in [3.05, 3.63) is 0 Å². The van der Waals surface area contributed by atoms with Gasteiger partial charge in [-0.15, -0.1) is 0 Å². The molecule has 0 N–H and O–H groups in total. The Balaban J connectivity index is 1.74. The number of carbonyl (C=O) groups excluding carboxylic acids is 1. The van der Waals surface area contributed by atoms with Crippen LogP contribution in [0.15, 0.2) is 0 Å². The predicted octanol–water partition coefficient (Wildman–Crippen LogP) is 9.71. The second kappa shape index (κ2) is 21.7. The smallest absolute Gasteiger partial charge is 0.235 e. The van der Waals surface area contributed by atoms with Gasteiger partial charge < -0.3 is 0 Å². The molecule has 0 atom stereocenters. The maximum absolute atomic E-state index is 12.4. The summed E-state index contributed by atoms with van der Waals surface area (Å²) in [6, 6.07) is 0. The van der Waals surface area contributed by atoms with Crippen LogP contribution in [0.25, 0.3) is 0 Å². The third-order valence-corrected chi connectivity index (χ3v) is 8.09. The maximum Gasteiger partial charge on any atom is 0.235 e. The van der Waals surface area contributed by atoms with Gasteiger partial charge in [-0.2, -0.15) is 0 Å². The van der Waals surface area contributed by atoms with Gasteiger partial charge in [-0.3, -0.25) is 9.10 Å². The summed E-state index contributed by atoms with van der Waals surface area (Å²) in [5.74, 6) is 1.80. The lowest BCUT2D eigenvalue weighted by Gasteiger charge is -2.25. The number of carbonyl (C=O) groups is 1. The molecule has 0 aromatic carbocycles. The number of hydrogen-bond donors (Lipinski definition) is 0. The van der Waals surface area contributed by atoms with Gasteiger partial charge >= 0.3 is 0 Å². The zero-order valence-electron chi connectivity index (χ0n) is 21.3. The van der Waals surface area contributed by atoms with Crippen LogP contribution >= 0.6 is 11.9 Å². The second-order valence-electron chi connectivity index (χ2n) is 10.0. The maximum atomic E-state index is 12.4. The Hall–Kier alpha value is -0.180. The van der Waals surface area contributed by atoms with E-state index in [1.807, 2.05) is 11.4 Å². The predicted molar refractivity (Wildman–Crippen MR) is 141 cm³/mol. The molecule has 1 aliphatic carbocycles. The first-order chi connectivity index (χ1) is 15.3. The number of nitrogens with zero attached hydrogens (tertiary/aromatic N) is 1. The van der Waals surface area contributed by atoms with Crippen molar-refractivity contribution in [1.29, 1.82) is 0 Å². The van der Waals surface area contributed by atoms with Crippen molar-refractivity contribution >= 4 is 17.9 Å². The first-order valence-electron chi connectivity index (χ1n) is 14.2. The van der Waals surface area contributed by atoms with Crippen molar-refractivity contribution in [1.82, 2.24) is 4.31 Å². The minimum absolute atomic E-state index is 0.312. The van der Waals surface area contributed by atoms with Crippen LogP contribution < -0.4 is 0 Å². The van der Waals surface area contributed by atoms with Crippen molar-refractivity contribution in [2.24, 2.45) is 5.92 Å². The topological polar surface area (TPSA) is 20.3 Å². The molecule has 0 aliphatic heterocycles. The average molecular weight is 454 g/mol. The molecule has 2 nitrogen and oxygen atoms in total. The molecule has 0 spiro atoms. The van der Waals surface area contributed by atoms with E-state index in [4.69, 9.17) is 0 Å². The van der Waals surface area contributed by atoms with Gasteiger partial charge in [0.15, 0.2) is 0 Å². The molecule has 3 heteroatoms. The van der Waals surface area contributed by atoms with E-state index in [1.165, 1.54) is 135 Å². The fourth-order valence-electron chi connectivity index (χ4n) is 4.88. The summed E-state index contributed by atoms with van der Waals surface area (Å²) < 4.78 is 1.93. The van der Waals surface area contributed by atoms with Gasteiger partial charge in [0.1, 0.15) is 0 Å². The lowest BCUT2D eigenvalue weighted by atomic mass is 9.89. The van der Waals surface area contributed by atoms with Gasteiger partial charge in [-0.05, 0) is 31.2 Å². The Morgan fingerprint density at radius 2 is 1.03 bits per heavy atom. The Morgan fingerprint density at radius 3 is 1.45 bits per heavy atom. The highest BCUT2D eigenvalue weighted by atomic mass is 32.2. The lowest BCUT2D eigenvalue weighted by Crippen LogP contribution is -2.29. The highest BCUT2D eigenvalue weighted by Crippen LogP contribution is 2.27. The number of rotatable bonds is 21. The van der Waals surface area contributed by atoms with E-state index in [0.29, 0.717) is 11.8 Å². The Morgan fingerprint density at radius 1 is 0.645 bits per heavy atom. The first kappa shape index (κ1) is 28.9. The molecule has 0 heterocycles. The van der Waals surface area contributed by atoms with Crippen molar-refractivity contribution < 1.29 is 4.79 Å². The van der Waals surface area contributed by atoms with Gasteiger partial charge in [-0.1, -0.05) is 135 Å². The molecule has 0 unspecified atom stereocenters. The van der Waals surface area contributed by atoms with Crippen LogP contribution in [0, 0.1) is 5.92 Å². The molecule has 31 heavy (non-hydrogen) atoms. The van der Waals surface area contributed by atoms with Gasteiger partial charge in [0, 0.05) is 18.7 Å². The van der Waals surface area contributed by atoms with Crippen LogP contribution in [-0.4, -0.2) is 23.0 Å². The van der Waals surface area contributed by atoms with Crippen LogP contribution in [0.2, 0.25) is 0 Å². The molecule has 0 aromatic rings. The number of hydrogen-bond acceptors (Lipinski definition) is 2. The quantitative estimate of drug-likeness (QED) is 0.127. The molecule has 1 rings (SSSR count). The largest absolute Gasteiger partial charge is 0.289 e. The van der Waals surface area contributed by atoms with Gasteiger partial charge in [0.05, 0.1) is 0 Å².